The van der Waals surface area contributed by atoms with Gasteiger partial charge in [0.1, 0.15) is 0 Å². The molecule has 2 atom stereocenters. The van der Waals surface area contributed by atoms with Crippen LogP contribution in [0.4, 0.5) is 8.78 Å². The van der Waals surface area contributed by atoms with Gasteiger partial charge in [-0.3, -0.25) is 0 Å². The maximum absolute atomic E-state index is 13.1. The molecule has 1 aromatic rings. The fourth-order valence-corrected chi connectivity index (χ4v) is 2.73. The Hall–Kier alpha value is -0.960. The molecule has 1 aromatic carbocycles. The van der Waals surface area contributed by atoms with E-state index in [2.05, 4.69) is 6.92 Å². The summed E-state index contributed by atoms with van der Waals surface area (Å²) in [6.07, 6.45) is 5.07. The molecule has 3 heteroatoms. The molecule has 1 aliphatic carbocycles. The third-order valence-corrected chi connectivity index (χ3v) is 4.03. The molecule has 1 saturated carbocycles. The zero-order valence-electron chi connectivity index (χ0n) is 10.2. The molecule has 2 rings (SSSR count). The Kier molecular flexibility index (Phi) is 3.48. The summed E-state index contributed by atoms with van der Waals surface area (Å²) in [6, 6.07) is 4.08. The summed E-state index contributed by atoms with van der Waals surface area (Å²) >= 11 is 0. The number of halogens is 2. The Morgan fingerprint density at radius 1 is 1.29 bits per heavy atom. The molecular weight excluding hydrogens is 220 g/mol. The summed E-state index contributed by atoms with van der Waals surface area (Å²) < 4.78 is 26.0. The number of hydrogen-bond donors (Lipinski definition) is 1. The van der Waals surface area contributed by atoms with Gasteiger partial charge in [-0.15, -0.1) is 0 Å². The van der Waals surface area contributed by atoms with E-state index in [0.29, 0.717) is 12.3 Å². The van der Waals surface area contributed by atoms with E-state index in [1.54, 1.807) is 6.07 Å². The van der Waals surface area contributed by atoms with Crippen molar-refractivity contribution in [3.63, 3.8) is 0 Å². The van der Waals surface area contributed by atoms with Crippen LogP contribution in [-0.4, -0.2) is 5.54 Å². The summed E-state index contributed by atoms with van der Waals surface area (Å²) in [5, 5.41) is 0. The van der Waals surface area contributed by atoms with E-state index >= 15 is 0 Å². The van der Waals surface area contributed by atoms with E-state index in [1.807, 2.05) is 0 Å². The molecule has 2 N–H and O–H groups in total. The number of rotatable bonds is 2. The van der Waals surface area contributed by atoms with Crippen molar-refractivity contribution in [2.75, 3.05) is 0 Å². The molecule has 0 radical (unpaired) electrons. The average molecular weight is 239 g/mol. The Morgan fingerprint density at radius 2 is 2.06 bits per heavy atom. The number of nitrogens with two attached hydrogens (primary N) is 1. The Balaban J connectivity index is 2.16. The maximum Gasteiger partial charge on any atom is 0.159 e. The topological polar surface area (TPSA) is 26.0 Å². The quantitative estimate of drug-likeness (QED) is 0.840. The fourth-order valence-electron chi connectivity index (χ4n) is 2.73. The van der Waals surface area contributed by atoms with Gasteiger partial charge in [0.15, 0.2) is 11.6 Å². The minimum absolute atomic E-state index is 0.261. The Morgan fingerprint density at radius 3 is 2.71 bits per heavy atom. The molecule has 0 saturated heterocycles. The lowest BCUT2D eigenvalue weighted by atomic mass is 9.71. The fraction of sp³-hybridized carbons (Fsp3) is 0.571. The van der Waals surface area contributed by atoms with Crippen molar-refractivity contribution in [1.82, 2.24) is 0 Å². The maximum atomic E-state index is 13.1. The largest absolute Gasteiger partial charge is 0.325 e. The number of benzene rings is 1. The van der Waals surface area contributed by atoms with Gasteiger partial charge in [-0.25, -0.2) is 8.78 Å². The summed E-state index contributed by atoms with van der Waals surface area (Å²) in [7, 11) is 0. The highest BCUT2D eigenvalue weighted by atomic mass is 19.2. The lowest BCUT2D eigenvalue weighted by Gasteiger charge is -2.39. The third-order valence-electron chi connectivity index (χ3n) is 4.03. The zero-order valence-corrected chi connectivity index (χ0v) is 10.2. The first-order chi connectivity index (χ1) is 8.01. The zero-order chi connectivity index (χ0) is 12.5. The van der Waals surface area contributed by atoms with E-state index in [9.17, 15) is 8.78 Å². The molecule has 1 fully saturated rings. The summed E-state index contributed by atoms with van der Waals surface area (Å²) in [5.41, 5.74) is 6.94. The molecule has 0 heterocycles. The second kappa shape index (κ2) is 4.73. The number of hydrogen-bond acceptors (Lipinski definition) is 1. The van der Waals surface area contributed by atoms with Crippen LogP contribution in [0.2, 0.25) is 0 Å². The van der Waals surface area contributed by atoms with Crippen LogP contribution in [-0.2, 0) is 6.42 Å². The minimum Gasteiger partial charge on any atom is -0.325 e. The van der Waals surface area contributed by atoms with Gasteiger partial charge < -0.3 is 5.73 Å². The van der Waals surface area contributed by atoms with Crippen molar-refractivity contribution in [3.8, 4) is 0 Å². The first-order valence-electron chi connectivity index (χ1n) is 6.24. The van der Waals surface area contributed by atoms with Crippen LogP contribution >= 0.6 is 0 Å². The summed E-state index contributed by atoms with van der Waals surface area (Å²) in [5.74, 6) is -1.14. The van der Waals surface area contributed by atoms with Gasteiger partial charge in [0.2, 0.25) is 0 Å². The molecule has 1 aliphatic rings. The molecule has 0 amide bonds. The van der Waals surface area contributed by atoms with E-state index in [0.717, 1.165) is 24.8 Å². The van der Waals surface area contributed by atoms with Gasteiger partial charge in [-0.05, 0) is 42.9 Å². The van der Waals surface area contributed by atoms with Crippen LogP contribution in [0.15, 0.2) is 18.2 Å². The SMILES string of the molecule is CC1CCCCC1(N)Cc1ccc(F)c(F)c1. The monoisotopic (exact) mass is 239 g/mol. The Labute approximate surface area is 101 Å². The minimum atomic E-state index is -0.795. The van der Waals surface area contributed by atoms with Crippen molar-refractivity contribution in [3.05, 3.63) is 35.4 Å². The summed E-state index contributed by atoms with van der Waals surface area (Å²) in [6.45, 7) is 2.15. The predicted octanol–water partition coefficient (Wildman–Crippen LogP) is 3.41. The highest BCUT2D eigenvalue weighted by Gasteiger charge is 2.34. The van der Waals surface area contributed by atoms with Crippen LogP contribution in [0, 0.1) is 17.6 Å². The van der Waals surface area contributed by atoms with Crippen molar-refractivity contribution < 1.29 is 8.78 Å². The molecule has 0 aliphatic heterocycles. The normalized spacial score (nSPS) is 29.3. The molecular formula is C14H19F2N. The van der Waals surface area contributed by atoms with Gasteiger partial charge in [0.05, 0.1) is 0 Å². The van der Waals surface area contributed by atoms with Gasteiger partial charge >= 0.3 is 0 Å². The first-order valence-corrected chi connectivity index (χ1v) is 6.24. The van der Waals surface area contributed by atoms with Gasteiger partial charge in [-0.2, -0.15) is 0 Å². The summed E-state index contributed by atoms with van der Waals surface area (Å²) in [4.78, 5) is 0. The molecule has 17 heavy (non-hydrogen) atoms. The van der Waals surface area contributed by atoms with Gasteiger partial charge in [0.25, 0.3) is 0 Å². The smallest absolute Gasteiger partial charge is 0.159 e. The second-order valence-electron chi connectivity index (χ2n) is 5.31. The van der Waals surface area contributed by atoms with Crippen LogP contribution in [0.1, 0.15) is 38.2 Å². The standard InChI is InChI=1S/C14H19F2N/c1-10-4-2-3-7-14(10,17)9-11-5-6-12(15)13(16)8-11/h5-6,8,10H,2-4,7,9,17H2,1H3. The lowest BCUT2D eigenvalue weighted by molar-refractivity contribution is 0.203. The van der Waals surface area contributed by atoms with Crippen LogP contribution in [0.5, 0.6) is 0 Å². The van der Waals surface area contributed by atoms with Crippen LogP contribution in [0.3, 0.4) is 0 Å². The van der Waals surface area contributed by atoms with Crippen molar-refractivity contribution >= 4 is 0 Å². The van der Waals surface area contributed by atoms with E-state index in [-0.39, 0.29) is 5.54 Å². The van der Waals surface area contributed by atoms with E-state index in [1.165, 1.54) is 18.6 Å². The second-order valence-corrected chi connectivity index (χ2v) is 5.31. The predicted molar refractivity (Wildman–Crippen MR) is 64.6 cm³/mol. The third kappa shape index (κ3) is 2.65. The van der Waals surface area contributed by atoms with Crippen molar-refractivity contribution in [2.45, 2.75) is 44.6 Å². The molecule has 2 unspecified atom stereocenters. The Bertz CT molecular complexity index is 405. The van der Waals surface area contributed by atoms with Gasteiger partial charge in [0, 0.05) is 5.54 Å². The molecule has 94 valence electrons. The highest BCUT2D eigenvalue weighted by Crippen LogP contribution is 2.34. The molecule has 1 nitrogen and oxygen atoms in total. The average Bonchev–Trinajstić information content (AvgIpc) is 2.28. The first kappa shape index (κ1) is 12.5. The van der Waals surface area contributed by atoms with Crippen LogP contribution in [0.25, 0.3) is 0 Å². The molecule has 0 spiro atoms. The van der Waals surface area contributed by atoms with Crippen LogP contribution < -0.4 is 5.73 Å². The van der Waals surface area contributed by atoms with E-state index < -0.39 is 11.6 Å². The van der Waals surface area contributed by atoms with Gasteiger partial charge in [-0.1, -0.05) is 25.8 Å². The molecule has 0 aromatic heterocycles. The highest BCUT2D eigenvalue weighted by molar-refractivity contribution is 5.21. The van der Waals surface area contributed by atoms with E-state index in [4.69, 9.17) is 5.73 Å². The van der Waals surface area contributed by atoms with Crippen molar-refractivity contribution in [1.29, 1.82) is 0 Å². The molecule has 0 bridgehead atoms. The lowest BCUT2D eigenvalue weighted by Crippen LogP contribution is -2.49. The van der Waals surface area contributed by atoms with Crippen molar-refractivity contribution in [2.24, 2.45) is 11.7 Å².